The van der Waals surface area contributed by atoms with Crippen molar-refractivity contribution < 1.29 is 9.59 Å². The zero-order chi connectivity index (χ0) is 17.8. The number of carbonyl (C=O) groups is 2. The topological polar surface area (TPSA) is 55.9 Å². The molecule has 3 fully saturated rings. The van der Waals surface area contributed by atoms with Crippen LogP contribution in [-0.4, -0.2) is 84.4 Å². The van der Waals surface area contributed by atoms with Gasteiger partial charge in [-0.3, -0.25) is 19.4 Å². The molecule has 3 rings (SSSR count). The summed E-state index contributed by atoms with van der Waals surface area (Å²) in [6.45, 7) is 5.97. The van der Waals surface area contributed by atoms with Crippen molar-refractivity contribution in [2.75, 3.05) is 39.8 Å². The number of hydrogen-bond acceptors (Lipinski definition) is 4. The van der Waals surface area contributed by atoms with Crippen LogP contribution in [0.1, 0.15) is 51.9 Å². The number of hydrogen-bond donors (Lipinski definition) is 1. The summed E-state index contributed by atoms with van der Waals surface area (Å²) in [7, 11) is 1.97. The normalized spacial score (nSPS) is 24.7. The molecule has 1 N–H and O–H groups in total. The van der Waals surface area contributed by atoms with Gasteiger partial charge in [-0.2, -0.15) is 0 Å². The quantitative estimate of drug-likeness (QED) is 0.778. The standard InChI is InChI=1S/C19H34N4O2/c1-15(19(25)20-16-8-9-16)23-12-10-22(11-13-23)14-18(24)21(2)17-6-4-3-5-7-17/h15-17H,3-14H2,1-2H3,(H,20,25). The molecule has 0 aromatic carbocycles. The summed E-state index contributed by atoms with van der Waals surface area (Å²) in [5.74, 6) is 0.406. The summed E-state index contributed by atoms with van der Waals surface area (Å²) in [4.78, 5) is 31.2. The van der Waals surface area contributed by atoms with E-state index in [0.717, 1.165) is 51.9 Å². The second-order valence-corrected chi connectivity index (χ2v) is 8.07. The minimum atomic E-state index is -0.0663. The van der Waals surface area contributed by atoms with Gasteiger partial charge in [0.05, 0.1) is 12.6 Å². The predicted molar refractivity (Wildman–Crippen MR) is 98.3 cm³/mol. The molecule has 1 aliphatic heterocycles. The van der Waals surface area contributed by atoms with Crippen LogP contribution in [0.2, 0.25) is 0 Å². The van der Waals surface area contributed by atoms with Gasteiger partial charge in [-0.1, -0.05) is 19.3 Å². The Morgan fingerprint density at radius 1 is 1.04 bits per heavy atom. The molecule has 0 radical (unpaired) electrons. The van der Waals surface area contributed by atoms with E-state index in [1.165, 1.54) is 19.3 Å². The third kappa shape index (κ3) is 5.17. The van der Waals surface area contributed by atoms with Gasteiger partial charge in [-0.05, 0) is 32.6 Å². The SMILES string of the molecule is CC(C(=O)NC1CC1)N1CCN(CC(=O)N(C)C2CCCCC2)CC1. The summed E-state index contributed by atoms with van der Waals surface area (Å²) in [5, 5.41) is 3.09. The second kappa shape index (κ2) is 8.49. The van der Waals surface area contributed by atoms with Gasteiger partial charge in [-0.15, -0.1) is 0 Å². The van der Waals surface area contributed by atoms with Crippen LogP contribution in [0.4, 0.5) is 0 Å². The van der Waals surface area contributed by atoms with Gasteiger partial charge in [0.15, 0.2) is 0 Å². The van der Waals surface area contributed by atoms with Crippen LogP contribution in [0.15, 0.2) is 0 Å². The largest absolute Gasteiger partial charge is 0.352 e. The van der Waals surface area contributed by atoms with Crippen LogP contribution in [-0.2, 0) is 9.59 Å². The Morgan fingerprint density at radius 3 is 2.28 bits per heavy atom. The number of carbonyl (C=O) groups excluding carboxylic acids is 2. The van der Waals surface area contributed by atoms with Crippen LogP contribution in [0.3, 0.4) is 0 Å². The fraction of sp³-hybridized carbons (Fsp3) is 0.895. The minimum Gasteiger partial charge on any atom is -0.352 e. The summed E-state index contributed by atoms with van der Waals surface area (Å²) in [5.41, 5.74) is 0. The number of nitrogens with zero attached hydrogens (tertiary/aromatic N) is 3. The average Bonchev–Trinajstić information content (AvgIpc) is 3.45. The van der Waals surface area contributed by atoms with E-state index >= 15 is 0 Å². The minimum absolute atomic E-state index is 0.0663. The number of likely N-dealkylation sites (N-methyl/N-ethyl adjacent to an activating group) is 1. The highest BCUT2D eigenvalue weighted by molar-refractivity contribution is 5.82. The molecule has 25 heavy (non-hydrogen) atoms. The Bertz CT molecular complexity index is 466. The van der Waals surface area contributed by atoms with Crippen molar-refractivity contribution in [3.8, 4) is 0 Å². The molecule has 6 heteroatoms. The molecule has 0 aromatic heterocycles. The highest BCUT2D eigenvalue weighted by atomic mass is 16.2. The molecule has 1 unspecified atom stereocenters. The van der Waals surface area contributed by atoms with E-state index in [-0.39, 0.29) is 17.9 Å². The van der Waals surface area contributed by atoms with Gasteiger partial charge in [0.2, 0.25) is 11.8 Å². The molecule has 2 saturated carbocycles. The molecule has 2 amide bonds. The summed E-state index contributed by atoms with van der Waals surface area (Å²) in [6.07, 6.45) is 8.38. The Balaban J connectivity index is 1.39. The molecule has 0 bridgehead atoms. The van der Waals surface area contributed by atoms with E-state index in [1.54, 1.807) is 0 Å². The molecule has 1 atom stereocenters. The summed E-state index contributed by atoms with van der Waals surface area (Å²) in [6, 6.07) is 0.793. The fourth-order valence-corrected chi connectivity index (χ4v) is 4.00. The first-order valence-corrected chi connectivity index (χ1v) is 10.1. The van der Waals surface area contributed by atoms with Crippen molar-refractivity contribution in [2.24, 2.45) is 0 Å². The van der Waals surface area contributed by atoms with Crippen molar-refractivity contribution in [3.63, 3.8) is 0 Å². The predicted octanol–water partition coefficient (Wildman–Crippen LogP) is 1.06. The Labute approximate surface area is 151 Å². The van der Waals surface area contributed by atoms with E-state index in [1.807, 2.05) is 18.9 Å². The van der Waals surface area contributed by atoms with Gasteiger partial charge in [0.1, 0.15) is 0 Å². The molecule has 142 valence electrons. The maximum absolute atomic E-state index is 12.6. The number of piperazine rings is 1. The first kappa shape index (κ1) is 18.6. The van der Waals surface area contributed by atoms with Crippen LogP contribution in [0.5, 0.6) is 0 Å². The van der Waals surface area contributed by atoms with Gasteiger partial charge in [0.25, 0.3) is 0 Å². The Kier molecular flexibility index (Phi) is 6.34. The number of amides is 2. The highest BCUT2D eigenvalue weighted by Crippen LogP contribution is 2.22. The number of nitrogens with one attached hydrogen (secondary N) is 1. The molecule has 0 spiro atoms. The maximum atomic E-state index is 12.6. The summed E-state index contributed by atoms with van der Waals surface area (Å²) >= 11 is 0. The summed E-state index contributed by atoms with van der Waals surface area (Å²) < 4.78 is 0. The maximum Gasteiger partial charge on any atom is 0.237 e. The van der Waals surface area contributed by atoms with Crippen molar-refractivity contribution in [1.82, 2.24) is 20.0 Å². The van der Waals surface area contributed by atoms with Crippen LogP contribution < -0.4 is 5.32 Å². The van der Waals surface area contributed by atoms with Gasteiger partial charge in [-0.25, -0.2) is 0 Å². The van der Waals surface area contributed by atoms with E-state index < -0.39 is 0 Å². The molecular weight excluding hydrogens is 316 g/mol. The molecule has 1 heterocycles. The first-order chi connectivity index (χ1) is 12.0. The van der Waals surface area contributed by atoms with Crippen molar-refractivity contribution in [3.05, 3.63) is 0 Å². The van der Waals surface area contributed by atoms with Crippen molar-refractivity contribution in [2.45, 2.75) is 70.0 Å². The van der Waals surface area contributed by atoms with Crippen molar-refractivity contribution in [1.29, 1.82) is 0 Å². The van der Waals surface area contributed by atoms with Crippen LogP contribution >= 0.6 is 0 Å². The molecule has 0 aromatic rings. The molecule has 6 nitrogen and oxygen atoms in total. The monoisotopic (exact) mass is 350 g/mol. The Morgan fingerprint density at radius 2 is 1.68 bits per heavy atom. The highest BCUT2D eigenvalue weighted by Gasteiger charge is 2.31. The zero-order valence-corrected chi connectivity index (χ0v) is 15.9. The lowest BCUT2D eigenvalue weighted by molar-refractivity contribution is -0.135. The first-order valence-electron chi connectivity index (χ1n) is 10.1. The third-order valence-electron chi connectivity index (χ3n) is 6.13. The molecule has 2 aliphatic carbocycles. The number of rotatable bonds is 6. The van der Waals surface area contributed by atoms with Crippen molar-refractivity contribution >= 4 is 11.8 Å². The average molecular weight is 351 g/mol. The second-order valence-electron chi connectivity index (χ2n) is 8.07. The lowest BCUT2D eigenvalue weighted by Gasteiger charge is -2.38. The van der Waals surface area contributed by atoms with Gasteiger partial charge in [0, 0.05) is 45.3 Å². The van der Waals surface area contributed by atoms with Gasteiger partial charge < -0.3 is 10.2 Å². The van der Waals surface area contributed by atoms with E-state index in [9.17, 15) is 9.59 Å². The molecule has 3 aliphatic rings. The lowest BCUT2D eigenvalue weighted by Crippen LogP contribution is -2.55. The fourth-order valence-electron chi connectivity index (χ4n) is 4.00. The zero-order valence-electron chi connectivity index (χ0n) is 15.9. The van der Waals surface area contributed by atoms with Crippen LogP contribution in [0.25, 0.3) is 0 Å². The van der Waals surface area contributed by atoms with E-state index in [2.05, 4.69) is 15.1 Å². The lowest BCUT2D eigenvalue weighted by atomic mass is 9.94. The smallest absolute Gasteiger partial charge is 0.237 e. The third-order valence-corrected chi connectivity index (χ3v) is 6.13. The van der Waals surface area contributed by atoms with E-state index in [0.29, 0.717) is 18.6 Å². The molecular formula is C19H34N4O2. The van der Waals surface area contributed by atoms with E-state index in [4.69, 9.17) is 0 Å². The molecule has 1 saturated heterocycles. The van der Waals surface area contributed by atoms with Crippen LogP contribution in [0, 0.1) is 0 Å². The Hall–Kier alpha value is -1.14. The van der Waals surface area contributed by atoms with Gasteiger partial charge >= 0.3 is 0 Å².